The molecule has 0 unspecified atom stereocenters. The lowest BCUT2D eigenvalue weighted by Gasteiger charge is -2.06. The molecule has 24 heavy (non-hydrogen) atoms. The van der Waals surface area contributed by atoms with E-state index in [9.17, 15) is 13.6 Å². The quantitative estimate of drug-likeness (QED) is 0.781. The summed E-state index contributed by atoms with van der Waals surface area (Å²) < 4.78 is 32.7. The SMILES string of the molecule is Cc1onc(C(=O)Nc2ccc(F)c(F)c2)c1Cn1cc(Cl)cn1. The summed E-state index contributed by atoms with van der Waals surface area (Å²) >= 11 is 5.81. The van der Waals surface area contributed by atoms with E-state index in [1.54, 1.807) is 13.1 Å². The maximum atomic E-state index is 13.2. The van der Waals surface area contributed by atoms with Crippen LogP contribution >= 0.6 is 11.6 Å². The van der Waals surface area contributed by atoms with E-state index in [2.05, 4.69) is 15.6 Å². The number of rotatable bonds is 4. The highest BCUT2D eigenvalue weighted by Crippen LogP contribution is 2.19. The molecule has 0 fully saturated rings. The highest BCUT2D eigenvalue weighted by atomic mass is 35.5. The zero-order valence-corrected chi connectivity index (χ0v) is 13.1. The van der Waals surface area contributed by atoms with Crippen LogP contribution in [0.15, 0.2) is 35.1 Å². The van der Waals surface area contributed by atoms with Crippen LogP contribution in [0.2, 0.25) is 5.02 Å². The van der Waals surface area contributed by atoms with Crippen molar-refractivity contribution < 1.29 is 18.1 Å². The number of benzene rings is 1. The summed E-state index contributed by atoms with van der Waals surface area (Å²) in [6, 6.07) is 3.05. The van der Waals surface area contributed by atoms with Crippen LogP contribution in [-0.4, -0.2) is 20.8 Å². The van der Waals surface area contributed by atoms with Gasteiger partial charge in [-0.15, -0.1) is 0 Å². The number of nitrogens with zero attached hydrogens (tertiary/aromatic N) is 3. The topological polar surface area (TPSA) is 73.0 Å². The van der Waals surface area contributed by atoms with E-state index in [-0.39, 0.29) is 17.9 Å². The zero-order chi connectivity index (χ0) is 17.3. The number of halogens is 3. The second-order valence-electron chi connectivity index (χ2n) is 5.01. The molecule has 0 aliphatic carbocycles. The summed E-state index contributed by atoms with van der Waals surface area (Å²) in [4.78, 5) is 12.3. The lowest BCUT2D eigenvalue weighted by atomic mass is 10.2. The Hall–Kier alpha value is -2.74. The van der Waals surface area contributed by atoms with E-state index in [0.717, 1.165) is 12.1 Å². The first-order valence-electron chi connectivity index (χ1n) is 6.83. The van der Waals surface area contributed by atoms with Crippen molar-refractivity contribution in [1.29, 1.82) is 0 Å². The van der Waals surface area contributed by atoms with Gasteiger partial charge in [-0.3, -0.25) is 9.48 Å². The summed E-state index contributed by atoms with van der Waals surface area (Å²) in [6.07, 6.45) is 3.05. The molecule has 0 bridgehead atoms. The molecule has 9 heteroatoms. The number of hydrogen-bond acceptors (Lipinski definition) is 4. The van der Waals surface area contributed by atoms with Gasteiger partial charge in [0.2, 0.25) is 0 Å². The lowest BCUT2D eigenvalue weighted by molar-refractivity contribution is 0.101. The molecule has 0 aliphatic rings. The van der Waals surface area contributed by atoms with Gasteiger partial charge in [0, 0.05) is 23.5 Å². The summed E-state index contributed by atoms with van der Waals surface area (Å²) in [7, 11) is 0. The minimum Gasteiger partial charge on any atom is -0.361 e. The number of nitrogens with one attached hydrogen (secondary N) is 1. The third-order valence-corrected chi connectivity index (χ3v) is 3.49. The minimum absolute atomic E-state index is 0.0313. The lowest BCUT2D eigenvalue weighted by Crippen LogP contribution is -2.16. The van der Waals surface area contributed by atoms with Crippen molar-refractivity contribution in [2.24, 2.45) is 0 Å². The molecule has 0 saturated heterocycles. The van der Waals surface area contributed by atoms with Crippen molar-refractivity contribution in [3.63, 3.8) is 0 Å². The predicted molar refractivity (Wildman–Crippen MR) is 81.9 cm³/mol. The van der Waals surface area contributed by atoms with Gasteiger partial charge in [-0.1, -0.05) is 16.8 Å². The first-order chi connectivity index (χ1) is 11.4. The van der Waals surface area contributed by atoms with Gasteiger partial charge in [0.25, 0.3) is 5.91 Å². The van der Waals surface area contributed by atoms with Crippen molar-refractivity contribution in [2.75, 3.05) is 5.32 Å². The van der Waals surface area contributed by atoms with E-state index in [1.807, 2.05) is 0 Å². The maximum absolute atomic E-state index is 13.2. The van der Waals surface area contributed by atoms with Crippen LogP contribution in [0.4, 0.5) is 14.5 Å². The summed E-state index contributed by atoms with van der Waals surface area (Å²) in [5, 5.41) is 10.7. The summed E-state index contributed by atoms with van der Waals surface area (Å²) in [6.45, 7) is 1.88. The molecule has 0 radical (unpaired) electrons. The molecule has 0 saturated carbocycles. The van der Waals surface area contributed by atoms with E-state index in [0.29, 0.717) is 16.3 Å². The Bertz CT molecular complexity index is 907. The maximum Gasteiger partial charge on any atom is 0.278 e. The third kappa shape index (κ3) is 3.28. The second-order valence-corrected chi connectivity index (χ2v) is 5.44. The minimum atomic E-state index is -1.06. The normalized spacial score (nSPS) is 10.8. The van der Waals surface area contributed by atoms with Crippen LogP contribution < -0.4 is 5.32 Å². The predicted octanol–water partition coefficient (Wildman–Crippen LogP) is 3.41. The largest absolute Gasteiger partial charge is 0.361 e. The number of hydrogen-bond donors (Lipinski definition) is 1. The Balaban J connectivity index is 1.83. The van der Waals surface area contributed by atoms with Crippen molar-refractivity contribution in [1.82, 2.24) is 14.9 Å². The van der Waals surface area contributed by atoms with E-state index >= 15 is 0 Å². The Morgan fingerprint density at radius 1 is 1.38 bits per heavy atom. The van der Waals surface area contributed by atoms with Gasteiger partial charge in [0.05, 0.1) is 17.8 Å². The van der Waals surface area contributed by atoms with Crippen LogP contribution in [0.25, 0.3) is 0 Å². The zero-order valence-electron chi connectivity index (χ0n) is 12.4. The van der Waals surface area contributed by atoms with Gasteiger partial charge in [0.1, 0.15) is 5.76 Å². The van der Waals surface area contributed by atoms with E-state index in [4.69, 9.17) is 16.1 Å². The van der Waals surface area contributed by atoms with Gasteiger partial charge < -0.3 is 9.84 Å². The summed E-state index contributed by atoms with van der Waals surface area (Å²) in [5.74, 6) is -2.22. The molecule has 6 nitrogen and oxygen atoms in total. The highest BCUT2D eigenvalue weighted by molar-refractivity contribution is 6.30. The average molecular weight is 353 g/mol. The van der Waals surface area contributed by atoms with E-state index < -0.39 is 17.5 Å². The van der Waals surface area contributed by atoms with Gasteiger partial charge in [0.15, 0.2) is 17.3 Å². The number of amides is 1. The van der Waals surface area contributed by atoms with Gasteiger partial charge in [-0.05, 0) is 19.1 Å². The molecular formula is C15H11ClF2N4O2. The molecule has 1 amide bonds. The van der Waals surface area contributed by atoms with Crippen LogP contribution in [-0.2, 0) is 6.54 Å². The molecule has 124 valence electrons. The van der Waals surface area contributed by atoms with Gasteiger partial charge in [-0.2, -0.15) is 5.10 Å². The standard InChI is InChI=1S/C15H11ClF2N4O2/c1-8-11(7-22-6-9(16)5-19-22)14(21-24-8)15(23)20-10-2-3-12(17)13(18)4-10/h2-6H,7H2,1H3,(H,20,23). The number of aryl methyl sites for hydroxylation is 1. The first-order valence-corrected chi connectivity index (χ1v) is 7.21. The fourth-order valence-electron chi connectivity index (χ4n) is 2.11. The summed E-state index contributed by atoms with van der Waals surface area (Å²) in [5.41, 5.74) is 0.645. The highest BCUT2D eigenvalue weighted by Gasteiger charge is 2.21. The fraction of sp³-hybridized carbons (Fsp3) is 0.133. The second kappa shape index (κ2) is 6.40. The van der Waals surface area contributed by atoms with Crippen LogP contribution in [0.5, 0.6) is 0 Å². The molecule has 2 aromatic heterocycles. The molecule has 3 rings (SSSR count). The monoisotopic (exact) mass is 352 g/mol. The van der Waals surface area contributed by atoms with Crippen LogP contribution in [0.3, 0.4) is 0 Å². The van der Waals surface area contributed by atoms with Crippen LogP contribution in [0, 0.1) is 18.6 Å². The Morgan fingerprint density at radius 3 is 2.83 bits per heavy atom. The van der Waals surface area contributed by atoms with Crippen molar-refractivity contribution in [3.8, 4) is 0 Å². The number of carbonyl (C=O) groups excluding carboxylic acids is 1. The van der Waals surface area contributed by atoms with E-state index in [1.165, 1.54) is 16.9 Å². The number of aromatic nitrogens is 3. The molecular weight excluding hydrogens is 342 g/mol. The molecule has 0 atom stereocenters. The molecule has 3 aromatic rings. The van der Waals surface area contributed by atoms with Crippen LogP contribution in [0.1, 0.15) is 21.8 Å². The molecule has 1 N–H and O–H groups in total. The number of carbonyl (C=O) groups is 1. The van der Waals surface area contributed by atoms with Crippen molar-refractivity contribution in [2.45, 2.75) is 13.5 Å². The van der Waals surface area contributed by atoms with Gasteiger partial charge in [-0.25, -0.2) is 8.78 Å². The smallest absolute Gasteiger partial charge is 0.278 e. The molecule has 2 heterocycles. The third-order valence-electron chi connectivity index (χ3n) is 3.30. The Labute approximate surface area is 140 Å². The van der Waals surface area contributed by atoms with Crippen molar-refractivity contribution in [3.05, 3.63) is 64.3 Å². The fourth-order valence-corrected chi connectivity index (χ4v) is 2.26. The van der Waals surface area contributed by atoms with Crippen molar-refractivity contribution >= 4 is 23.2 Å². The number of anilines is 1. The van der Waals surface area contributed by atoms with Gasteiger partial charge >= 0.3 is 0 Å². The Morgan fingerprint density at radius 2 is 2.17 bits per heavy atom. The average Bonchev–Trinajstić information content (AvgIpc) is 3.10. The Kier molecular flexibility index (Phi) is 4.30. The molecule has 1 aromatic carbocycles. The molecule has 0 aliphatic heterocycles. The first kappa shape index (κ1) is 16.1. The molecule has 0 spiro atoms.